The quantitative estimate of drug-likeness (QED) is 0.668. The van der Waals surface area contributed by atoms with Crippen molar-refractivity contribution >= 4 is 43.5 Å². The third-order valence-corrected chi connectivity index (χ3v) is 2.62. The van der Waals surface area contributed by atoms with Gasteiger partial charge in [-0.1, -0.05) is 31.9 Å². The van der Waals surface area contributed by atoms with Crippen LogP contribution >= 0.6 is 43.5 Å². The van der Waals surface area contributed by atoms with Crippen molar-refractivity contribution in [2.75, 3.05) is 0 Å². The van der Waals surface area contributed by atoms with Gasteiger partial charge in [-0.2, -0.15) is 8.78 Å². The van der Waals surface area contributed by atoms with Gasteiger partial charge in [0.1, 0.15) is 0 Å². The van der Waals surface area contributed by atoms with Crippen molar-refractivity contribution in [2.24, 2.45) is 0 Å². The second-order valence-electron chi connectivity index (χ2n) is 2.12. The molecule has 0 saturated carbocycles. The summed E-state index contributed by atoms with van der Waals surface area (Å²) in [6.45, 7) is 0. The molecular weight excluding hydrogens is 317 g/mol. The monoisotopic (exact) mass is 318 g/mol. The highest BCUT2D eigenvalue weighted by Crippen LogP contribution is 2.38. The van der Waals surface area contributed by atoms with Gasteiger partial charge in [-0.15, -0.1) is 0 Å². The van der Waals surface area contributed by atoms with E-state index in [0.717, 1.165) is 0 Å². The van der Waals surface area contributed by atoms with E-state index in [1.54, 1.807) is 6.07 Å². The van der Waals surface area contributed by atoms with Gasteiger partial charge in [0.15, 0.2) is 0 Å². The third kappa shape index (κ3) is 2.41. The Hall–Kier alpha value is 0.330. The standard InChI is InChI=1S/C7H3Br2ClF2/c8-4-1-2-6(9)5(3-4)7(10,11)12/h1-3H. The highest BCUT2D eigenvalue weighted by Gasteiger charge is 2.30. The number of hydrogen-bond acceptors (Lipinski definition) is 0. The summed E-state index contributed by atoms with van der Waals surface area (Å²) < 4.78 is 26.1. The Morgan fingerprint density at radius 3 is 2.25 bits per heavy atom. The normalized spacial score (nSPS) is 11.8. The predicted octanol–water partition coefficient (Wildman–Crippen LogP) is 4.50. The van der Waals surface area contributed by atoms with Gasteiger partial charge in [-0.3, -0.25) is 0 Å². The fourth-order valence-corrected chi connectivity index (χ4v) is 1.84. The predicted molar refractivity (Wildman–Crippen MR) is 51.6 cm³/mol. The molecule has 0 aliphatic rings. The molecule has 0 fully saturated rings. The second kappa shape index (κ2) is 3.60. The van der Waals surface area contributed by atoms with Crippen molar-refractivity contribution in [1.82, 2.24) is 0 Å². The topological polar surface area (TPSA) is 0 Å². The number of halogens is 5. The zero-order chi connectivity index (χ0) is 9.35. The van der Waals surface area contributed by atoms with Crippen LogP contribution in [0.15, 0.2) is 27.1 Å². The summed E-state index contributed by atoms with van der Waals surface area (Å²) in [6.07, 6.45) is 0. The number of hydrogen-bond donors (Lipinski definition) is 0. The largest absolute Gasteiger partial charge is 0.349 e. The lowest BCUT2D eigenvalue weighted by atomic mass is 10.2. The van der Waals surface area contributed by atoms with Gasteiger partial charge >= 0.3 is 5.38 Å². The van der Waals surface area contributed by atoms with E-state index in [0.29, 0.717) is 8.95 Å². The number of rotatable bonds is 1. The summed E-state index contributed by atoms with van der Waals surface area (Å²) in [5.41, 5.74) is -0.237. The second-order valence-corrected chi connectivity index (χ2v) is 4.37. The van der Waals surface area contributed by atoms with Crippen LogP contribution in [0.4, 0.5) is 8.78 Å². The summed E-state index contributed by atoms with van der Waals surface area (Å²) in [6, 6.07) is 4.43. The van der Waals surface area contributed by atoms with E-state index in [1.807, 2.05) is 0 Å². The first-order chi connectivity index (χ1) is 5.41. The molecule has 0 aliphatic heterocycles. The lowest BCUT2D eigenvalue weighted by Crippen LogP contribution is -2.03. The Bertz CT molecular complexity index is 296. The van der Waals surface area contributed by atoms with E-state index in [-0.39, 0.29) is 5.56 Å². The summed E-state index contributed by atoms with van der Waals surface area (Å²) in [7, 11) is 0. The molecule has 0 unspecified atom stereocenters. The molecule has 66 valence electrons. The van der Waals surface area contributed by atoms with Crippen molar-refractivity contribution in [1.29, 1.82) is 0 Å². The molecule has 0 saturated heterocycles. The first-order valence-electron chi connectivity index (χ1n) is 2.93. The van der Waals surface area contributed by atoms with Crippen LogP contribution < -0.4 is 0 Å². The summed E-state index contributed by atoms with van der Waals surface area (Å²) in [4.78, 5) is 0. The Morgan fingerprint density at radius 2 is 1.83 bits per heavy atom. The average Bonchev–Trinajstić information content (AvgIpc) is 1.92. The van der Waals surface area contributed by atoms with E-state index in [2.05, 4.69) is 31.9 Å². The molecule has 0 aromatic heterocycles. The minimum absolute atomic E-state index is 0.237. The lowest BCUT2D eigenvalue weighted by Gasteiger charge is -2.10. The van der Waals surface area contributed by atoms with Crippen LogP contribution in [0.5, 0.6) is 0 Å². The zero-order valence-electron chi connectivity index (χ0n) is 5.62. The summed E-state index contributed by atoms with van der Waals surface area (Å²) in [5, 5.41) is -3.33. The molecular formula is C7H3Br2ClF2. The van der Waals surface area contributed by atoms with Crippen LogP contribution in [0.25, 0.3) is 0 Å². The van der Waals surface area contributed by atoms with Gasteiger partial charge in [0.2, 0.25) is 0 Å². The Labute approximate surface area is 90.2 Å². The maximum atomic E-state index is 12.6. The highest BCUT2D eigenvalue weighted by molar-refractivity contribution is 9.11. The SMILES string of the molecule is FC(F)(Cl)c1cc(Br)ccc1Br. The van der Waals surface area contributed by atoms with Gasteiger partial charge in [0.05, 0.1) is 5.56 Å². The van der Waals surface area contributed by atoms with E-state index in [9.17, 15) is 8.78 Å². The van der Waals surface area contributed by atoms with Crippen LogP contribution in [0.1, 0.15) is 5.56 Å². The molecule has 0 atom stereocenters. The molecule has 12 heavy (non-hydrogen) atoms. The molecule has 0 aliphatic carbocycles. The van der Waals surface area contributed by atoms with Crippen molar-refractivity contribution in [3.8, 4) is 0 Å². The molecule has 0 nitrogen and oxygen atoms in total. The van der Waals surface area contributed by atoms with Crippen molar-refractivity contribution in [3.05, 3.63) is 32.7 Å². The first kappa shape index (κ1) is 10.4. The minimum atomic E-state index is -3.33. The van der Waals surface area contributed by atoms with E-state index >= 15 is 0 Å². The van der Waals surface area contributed by atoms with Crippen LogP contribution in [-0.2, 0) is 5.38 Å². The summed E-state index contributed by atoms with van der Waals surface area (Å²) in [5.74, 6) is 0. The molecule has 1 aromatic rings. The number of benzene rings is 1. The van der Waals surface area contributed by atoms with E-state index in [4.69, 9.17) is 11.6 Å². The van der Waals surface area contributed by atoms with Gasteiger partial charge in [0.25, 0.3) is 0 Å². The Kier molecular flexibility index (Phi) is 3.12. The molecule has 0 amide bonds. The first-order valence-corrected chi connectivity index (χ1v) is 4.90. The van der Waals surface area contributed by atoms with E-state index < -0.39 is 5.38 Å². The lowest BCUT2D eigenvalue weighted by molar-refractivity contribution is 0.0942. The highest BCUT2D eigenvalue weighted by atomic mass is 79.9. The number of alkyl halides is 3. The molecule has 0 bridgehead atoms. The third-order valence-electron chi connectivity index (χ3n) is 1.23. The fraction of sp³-hybridized carbons (Fsp3) is 0.143. The molecule has 0 N–H and O–H groups in total. The zero-order valence-corrected chi connectivity index (χ0v) is 9.55. The van der Waals surface area contributed by atoms with Crippen molar-refractivity contribution < 1.29 is 8.78 Å². The molecule has 1 rings (SSSR count). The van der Waals surface area contributed by atoms with Crippen LogP contribution in [0, 0.1) is 0 Å². The Morgan fingerprint density at radius 1 is 1.25 bits per heavy atom. The molecule has 5 heteroatoms. The molecule has 0 heterocycles. The van der Waals surface area contributed by atoms with Crippen LogP contribution in [0.2, 0.25) is 0 Å². The minimum Gasteiger partial charge on any atom is -0.183 e. The van der Waals surface area contributed by atoms with Crippen molar-refractivity contribution in [2.45, 2.75) is 5.38 Å². The van der Waals surface area contributed by atoms with Crippen molar-refractivity contribution in [3.63, 3.8) is 0 Å². The maximum absolute atomic E-state index is 12.6. The summed E-state index contributed by atoms with van der Waals surface area (Å²) >= 11 is 10.9. The van der Waals surface area contributed by atoms with Crippen LogP contribution in [0.3, 0.4) is 0 Å². The average molecular weight is 320 g/mol. The van der Waals surface area contributed by atoms with Crippen LogP contribution in [-0.4, -0.2) is 0 Å². The van der Waals surface area contributed by atoms with E-state index in [1.165, 1.54) is 12.1 Å². The smallest absolute Gasteiger partial charge is 0.183 e. The van der Waals surface area contributed by atoms with Gasteiger partial charge in [-0.05, 0) is 29.8 Å². The molecule has 0 radical (unpaired) electrons. The van der Waals surface area contributed by atoms with Gasteiger partial charge in [-0.25, -0.2) is 0 Å². The maximum Gasteiger partial charge on any atom is 0.349 e. The van der Waals surface area contributed by atoms with Gasteiger partial charge in [0, 0.05) is 8.95 Å². The fourth-order valence-electron chi connectivity index (χ4n) is 0.715. The molecule has 1 aromatic carbocycles. The molecule has 0 spiro atoms. The Balaban J connectivity index is 3.23. The van der Waals surface area contributed by atoms with Gasteiger partial charge < -0.3 is 0 Å².